The molecule has 3 nitrogen and oxygen atoms in total. The third-order valence-electron chi connectivity index (χ3n) is 4.27. The third kappa shape index (κ3) is 3.71. The van der Waals surface area contributed by atoms with Gasteiger partial charge >= 0.3 is 6.61 Å². The number of nitrogens with one attached hydrogen (secondary N) is 1. The molecule has 0 radical (unpaired) electrons. The summed E-state index contributed by atoms with van der Waals surface area (Å²) in [7, 11) is 0. The predicted molar refractivity (Wildman–Crippen MR) is 75.5 cm³/mol. The van der Waals surface area contributed by atoms with Gasteiger partial charge in [0.05, 0.1) is 6.10 Å². The minimum atomic E-state index is -2.79. The predicted octanol–water partition coefficient (Wildman–Crippen LogP) is 3.51. The molecule has 0 spiro atoms. The molecule has 1 saturated carbocycles. The van der Waals surface area contributed by atoms with Crippen molar-refractivity contribution in [3.8, 4) is 5.75 Å². The normalized spacial score (nSPS) is 27.0. The zero-order valence-electron chi connectivity index (χ0n) is 12.1. The van der Waals surface area contributed by atoms with Crippen LogP contribution in [0.15, 0.2) is 24.3 Å². The van der Waals surface area contributed by atoms with Crippen molar-refractivity contribution in [2.75, 3.05) is 6.61 Å². The summed E-state index contributed by atoms with van der Waals surface area (Å²) in [5, 5.41) is 3.58. The van der Waals surface area contributed by atoms with E-state index in [-0.39, 0.29) is 11.8 Å². The number of hydrogen-bond acceptors (Lipinski definition) is 3. The second-order valence-corrected chi connectivity index (χ2v) is 5.91. The summed E-state index contributed by atoms with van der Waals surface area (Å²) in [6.45, 7) is 0.0649. The zero-order valence-corrected chi connectivity index (χ0v) is 12.1. The van der Waals surface area contributed by atoms with Gasteiger partial charge in [-0.3, -0.25) is 0 Å². The van der Waals surface area contributed by atoms with Crippen molar-refractivity contribution in [1.29, 1.82) is 0 Å². The Hall–Kier alpha value is -1.20. The van der Waals surface area contributed by atoms with Gasteiger partial charge in [-0.2, -0.15) is 8.78 Å². The Labute approximate surface area is 123 Å². The highest BCUT2D eigenvalue weighted by Gasteiger charge is 2.40. The summed E-state index contributed by atoms with van der Waals surface area (Å²) in [4.78, 5) is 0. The molecule has 1 aromatic carbocycles. The monoisotopic (exact) mass is 297 g/mol. The van der Waals surface area contributed by atoms with Crippen molar-refractivity contribution >= 4 is 0 Å². The first-order chi connectivity index (χ1) is 10.1. The molecule has 2 fully saturated rings. The lowest BCUT2D eigenvalue weighted by molar-refractivity contribution is -0.0499. The summed E-state index contributed by atoms with van der Waals surface area (Å²) < 4.78 is 34.8. The van der Waals surface area contributed by atoms with E-state index in [4.69, 9.17) is 4.74 Å². The van der Waals surface area contributed by atoms with E-state index in [0.29, 0.717) is 18.1 Å². The molecule has 5 heteroatoms. The van der Waals surface area contributed by atoms with Crippen LogP contribution in [0.4, 0.5) is 8.78 Å². The summed E-state index contributed by atoms with van der Waals surface area (Å²) in [5.74, 6) is 0.906. The summed E-state index contributed by atoms with van der Waals surface area (Å²) in [6, 6.07) is 7.33. The van der Waals surface area contributed by atoms with E-state index in [1.54, 1.807) is 18.2 Å². The van der Waals surface area contributed by atoms with E-state index in [9.17, 15) is 8.78 Å². The smallest absolute Gasteiger partial charge is 0.387 e. The second-order valence-electron chi connectivity index (χ2n) is 5.91. The van der Waals surface area contributed by atoms with Gasteiger partial charge < -0.3 is 14.8 Å². The van der Waals surface area contributed by atoms with Gasteiger partial charge in [0, 0.05) is 18.7 Å². The molecule has 3 unspecified atom stereocenters. The molecule has 1 aliphatic heterocycles. The van der Waals surface area contributed by atoms with Gasteiger partial charge in [-0.25, -0.2) is 0 Å². The van der Waals surface area contributed by atoms with Crippen molar-refractivity contribution in [2.45, 2.75) is 51.0 Å². The SMILES string of the molecule is CC(NC1CCOC1C1CC1)c1cccc(OC(F)F)c1. The molecule has 3 rings (SSSR count). The Kier molecular flexibility index (Phi) is 4.40. The van der Waals surface area contributed by atoms with E-state index >= 15 is 0 Å². The van der Waals surface area contributed by atoms with Crippen LogP contribution in [-0.4, -0.2) is 25.4 Å². The lowest BCUT2D eigenvalue weighted by Crippen LogP contribution is -2.39. The highest BCUT2D eigenvalue weighted by Crippen LogP contribution is 2.39. The Bertz CT molecular complexity index is 479. The van der Waals surface area contributed by atoms with Crippen molar-refractivity contribution in [1.82, 2.24) is 5.32 Å². The zero-order chi connectivity index (χ0) is 14.8. The molecule has 3 atom stereocenters. The fourth-order valence-electron chi connectivity index (χ4n) is 3.06. The maximum absolute atomic E-state index is 12.3. The molecule has 0 bridgehead atoms. The first kappa shape index (κ1) is 14.7. The summed E-state index contributed by atoms with van der Waals surface area (Å²) in [6.07, 6.45) is 3.84. The van der Waals surface area contributed by atoms with Crippen LogP contribution in [0.2, 0.25) is 0 Å². The quantitative estimate of drug-likeness (QED) is 0.871. The Morgan fingerprint density at radius 3 is 2.81 bits per heavy atom. The van der Waals surface area contributed by atoms with Gasteiger partial charge in [-0.15, -0.1) is 0 Å². The molecule has 0 aromatic heterocycles. The van der Waals surface area contributed by atoms with Crippen molar-refractivity contribution in [2.24, 2.45) is 5.92 Å². The average Bonchev–Trinajstić information content (AvgIpc) is 3.19. The second kappa shape index (κ2) is 6.28. The maximum atomic E-state index is 12.3. The first-order valence-corrected chi connectivity index (χ1v) is 7.56. The Morgan fingerprint density at radius 2 is 2.10 bits per heavy atom. The van der Waals surface area contributed by atoms with Crippen LogP contribution in [0.1, 0.15) is 37.8 Å². The number of hydrogen-bond donors (Lipinski definition) is 1. The maximum Gasteiger partial charge on any atom is 0.387 e. The number of rotatable bonds is 6. The molecule has 1 heterocycles. The summed E-state index contributed by atoms with van der Waals surface area (Å²) in [5.41, 5.74) is 0.953. The molecule has 21 heavy (non-hydrogen) atoms. The molecule has 0 amide bonds. The Balaban J connectivity index is 1.63. The molecular weight excluding hydrogens is 276 g/mol. The highest BCUT2D eigenvalue weighted by atomic mass is 19.3. The van der Waals surface area contributed by atoms with E-state index < -0.39 is 6.61 Å². The molecule has 1 N–H and O–H groups in total. The average molecular weight is 297 g/mol. The van der Waals surface area contributed by atoms with Gasteiger partial charge in [0.25, 0.3) is 0 Å². The van der Waals surface area contributed by atoms with Crippen LogP contribution in [0, 0.1) is 5.92 Å². The van der Waals surface area contributed by atoms with Gasteiger partial charge in [0.1, 0.15) is 5.75 Å². The van der Waals surface area contributed by atoms with E-state index in [2.05, 4.69) is 10.1 Å². The van der Waals surface area contributed by atoms with Crippen LogP contribution in [0.5, 0.6) is 5.75 Å². The molecule has 1 aromatic rings. The third-order valence-corrected chi connectivity index (χ3v) is 4.27. The van der Waals surface area contributed by atoms with Crippen LogP contribution >= 0.6 is 0 Å². The topological polar surface area (TPSA) is 30.5 Å². The van der Waals surface area contributed by atoms with Gasteiger partial charge in [0.2, 0.25) is 0 Å². The van der Waals surface area contributed by atoms with Crippen molar-refractivity contribution < 1.29 is 18.3 Å². The lowest BCUT2D eigenvalue weighted by Gasteiger charge is -2.24. The summed E-state index contributed by atoms with van der Waals surface area (Å²) >= 11 is 0. The van der Waals surface area contributed by atoms with E-state index in [0.717, 1.165) is 18.6 Å². The fraction of sp³-hybridized carbons (Fsp3) is 0.625. The van der Waals surface area contributed by atoms with Gasteiger partial charge in [0.15, 0.2) is 0 Å². The van der Waals surface area contributed by atoms with Crippen molar-refractivity contribution in [3.05, 3.63) is 29.8 Å². The number of ether oxygens (including phenoxy) is 2. The number of benzene rings is 1. The number of alkyl halides is 2. The molecule has 2 aliphatic rings. The van der Waals surface area contributed by atoms with Crippen LogP contribution in [0.25, 0.3) is 0 Å². The lowest BCUT2D eigenvalue weighted by atomic mass is 10.0. The van der Waals surface area contributed by atoms with E-state index in [1.165, 1.54) is 12.8 Å². The largest absolute Gasteiger partial charge is 0.435 e. The highest BCUT2D eigenvalue weighted by molar-refractivity contribution is 5.30. The van der Waals surface area contributed by atoms with Gasteiger partial charge in [-0.05, 0) is 49.8 Å². The molecular formula is C16H21F2NO2. The minimum Gasteiger partial charge on any atom is -0.435 e. The van der Waals surface area contributed by atoms with Crippen LogP contribution in [-0.2, 0) is 4.74 Å². The minimum absolute atomic E-state index is 0.0826. The van der Waals surface area contributed by atoms with Crippen molar-refractivity contribution in [3.63, 3.8) is 0 Å². The Morgan fingerprint density at radius 1 is 1.29 bits per heavy atom. The van der Waals surface area contributed by atoms with Gasteiger partial charge in [-0.1, -0.05) is 12.1 Å². The first-order valence-electron chi connectivity index (χ1n) is 7.56. The molecule has 1 saturated heterocycles. The number of halogens is 2. The van der Waals surface area contributed by atoms with Crippen LogP contribution < -0.4 is 10.1 Å². The fourth-order valence-corrected chi connectivity index (χ4v) is 3.06. The standard InChI is InChI=1S/C16H21F2NO2/c1-10(12-3-2-4-13(9-12)21-16(17)18)19-14-7-8-20-15(14)11-5-6-11/h2-4,9-11,14-16,19H,5-8H2,1H3. The van der Waals surface area contributed by atoms with Crippen LogP contribution in [0.3, 0.4) is 0 Å². The van der Waals surface area contributed by atoms with E-state index in [1.807, 2.05) is 13.0 Å². The molecule has 116 valence electrons. The molecule has 1 aliphatic carbocycles.